The molecule has 0 radical (unpaired) electrons. The van der Waals surface area contributed by atoms with Crippen molar-refractivity contribution < 1.29 is 14.3 Å². The molecule has 4 nitrogen and oxygen atoms in total. The Bertz CT molecular complexity index is 704. The number of ether oxygens (including phenoxy) is 2. The van der Waals surface area contributed by atoms with E-state index in [0.29, 0.717) is 13.2 Å². The monoisotopic (exact) mass is 339 g/mol. The van der Waals surface area contributed by atoms with Gasteiger partial charge in [-0.25, -0.2) is 0 Å². The van der Waals surface area contributed by atoms with Crippen molar-refractivity contribution in [2.24, 2.45) is 0 Å². The van der Waals surface area contributed by atoms with E-state index in [1.165, 1.54) is 0 Å². The number of benzene rings is 2. The van der Waals surface area contributed by atoms with Crippen LogP contribution in [0.1, 0.15) is 38.0 Å². The van der Waals surface area contributed by atoms with E-state index in [1.54, 1.807) is 0 Å². The Hall–Kier alpha value is -2.33. The van der Waals surface area contributed by atoms with E-state index in [2.05, 4.69) is 0 Å². The number of hydrogen-bond acceptors (Lipinski definition) is 3. The first-order valence-electron chi connectivity index (χ1n) is 8.62. The fraction of sp³-hybridized carbons (Fsp3) is 0.381. The third kappa shape index (κ3) is 4.40. The van der Waals surface area contributed by atoms with E-state index in [0.717, 1.165) is 16.9 Å². The van der Waals surface area contributed by atoms with Crippen molar-refractivity contribution in [1.82, 2.24) is 4.90 Å². The van der Waals surface area contributed by atoms with Crippen LogP contribution in [0.4, 0.5) is 0 Å². The van der Waals surface area contributed by atoms with E-state index in [-0.39, 0.29) is 24.2 Å². The summed E-state index contributed by atoms with van der Waals surface area (Å²) in [6.45, 7) is 7.41. The van der Waals surface area contributed by atoms with E-state index in [4.69, 9.17) is 9.47 Å². The molecule has 0 saturated carbocycles. The molecule has 0 aliphatic carbocycles. The van der Waals surface area contributed by atoms with Gasteiger partial charge in [0, 0.05) is 5.54 Å². The minimum absolute atomic E-state index is 0.0477. The van der Waals surface area contributed by atoms with Gasteiger partial charge in [0.2, 0.25) is 5.91 Å². The van der Waals surface area contributed by atoms with Crippen molar-refractivity contribution in [2.75, 3.05) is 13.2 Å². The van der Waals surface area contributed by atoms with Crippen molar-refractivity contribution in [1.29, 1.82) is 0 Å². The Morgan fingerprint density at radius 3 is 2.40 bits per heavy atom. The Balaban J connectivity index is 1.63. The largest absolute Gasteiger partial charge is 0.489 e. The van der Waals surface area contributed by atoms with Crippen LogP contribution in [0.2, 0.25) is 0 Å². The van der Waals surface area contributed by atoms with Crippen molar-refractivity contribution in [2.45, 2.75) is 39.0 Å². The molecule has 0 aromatic heterocycles. The van der Waals surface area contributed by atoms with Gasteiger partial charge in [0.1, 0.15) is 25.1 Å². The zero-order valence-electron chi connectivity index (χ0n) is 15.1. The van der Waals surface area contributed by atoms with Crippen molar-refractivity contribution >= 4 is 5.91 Å². The van der Waals surface area contributed by atoms with Gasteiger partial charge < -0.3 is 14.4 Å². The van der Waals surface area contributed by atoms with Gasteiger partial charge in [-0.2, -0.15) is 0 Å². The lowest BCUT2D eigenvalue weighted by molar-refractivity contribution is -0.156. The zero-order chi connectivity index (χ0) is 17.9. The Morgan fingerprint density at radius 1 is 1.08 bits per heavy atom. The molecule has 4 heteroatoms. The molecule has 0 N–H and O–H groups in total. The maximum absolute atomic E-state index is 12.1. The summed E-state index contributed by atoms with van der Waals surface area (Å²) in [6, 6.07) is 18.0. The van der Waals surface area contributed by atoms with Gasteiger partial charge in [-0.3, -0.25) is 4.79 Å². The summed E-state index contributed by atoms with van der Waals surface area (Å²) < 4.78 is 11.6. The van der Waals surface area contributed by atoms with Gasteiger partial charge in [0.25, 0.3) is 0 Å². The quantitative estimate of drug-likeness (QED) is 0.846. The first-order chi connectivity index (χ1) is 11.9. The highest BCUT2D eigenvalue weighted by atomic mass is 16.5. The summed E-state index contributed by atoms with van der Waals surface area (Å²) in [5, 5.41) is 0. The second kappa shape index (κ2) is 7.28. The molecule has 0 unspecified atom stereocenters. The lowest BCUT2D eigenvalue weighted by Crippen LogP contribution is -2.52. The van der Waals surface area contributed by atoms with Crippen LogP contribution in [0.3, 0.4) is 0 Å². The van der Waals surface area contributed by atoms with Gasteiger partial charge >= 0.3 is 0 Å². The Labute approximate surface area is 149 Å². The van der Waals surface area contributed by atoms with Crippen molar-refractivity contribution in [3.8, 4) is 5.75 Å². The van der Waals surface area contributed by atoms with Gasteiger partial charge in [0.05, 0.1) is 6.54 Å². The van der Waals surface area contributed by atoms with Crippen LogP contribution in [0.5, 0.6) is 5.75 Å². The maximum Gasteiger partial charge on any atom is 0.249 e. The number of morpholine rings is 1. The molecule has 25 heavy (non-hydrogen) atoms. The molecule has 3 rings (SSSR count). The first-order valence-corrected chi connectivity index (χ1v) is 8.62. The number of hydrogen-bond donors (Lipinski definition) is 0. The smallest absolute Gasteiger partial charge is 0.249 e. The lowest BCUT2D eigenvalue weighted by Gasteiger charge is -2.41. The summed E-state index contributed by atoms with van der Waals surface area (Å²) in [6.07, 6.45) is -0.0971. The van der Waals surface area contributed by atoms with Crippen LogP contribution in [-0.4, -0.2) is 29.5 Å². The predicted molar refractivity (Wildman–Crippen MR) is 97.4 cm³/mol. The standard InChI is InChI=1S/C21H25NO3/c1-21(2,3)22-13-19(25-15-20(22)23)17-9-11-18(12-10-17)24-14-16-7-5-4-6-8-16/h4-12,19H,13-15H2,1-3H3/t19-/m0/s1. The van der Waals surface area contributed by atoms with Crippen molar-refractivity contribution in [3.63, 3.8) is 0 Å². The molecule has 2 aromatic carbocycles. The number of rotatable bonds is 4. The van der Waals surface area contributed by atoms with Gasteiger partial charge in [-0.05, 0) is 44.0 Å². The molecule has 1 fully saturated rings. The lowest BCUT2D eigenvalue weighted by atomic mass is 10.0. The minimum Gasteiger partial charge on any atom is -0.489 e. The molecule has 0 spiro atoms. The number of nitrogens with zero attached hydrogens (tertiary/aromatic N) is 1. The van der Waals surface area contributed by atoms with E-state index in [9.17, 15) is 4.79 Å². The molecule has 1 heterocycles. The van der Waals surface area contributed by atoms with Gasteiger partial charge in [-0.15, -0.1) is 0 Å². The maximum atomic E-state index is 12.1. The average Bonchev–Trinajstić information content (AvgIpc) is 2.61. The number of amides is 1. The summed E-state index contributed by atoms with van der Waals surface area (Å²) in [5.41, 5.74) is 2.01. The second-order valence-corrected chi connectivity index (χ2v) is 7.32. The fourth-order valence-corrected chi connectivity index (χ4v) is 2.94. The van der Waals surface area contributed by atoms with Crippen molar-refractivity contribution in [3.05, 3.63) is 65.7 Å². The van der Waals surface area contributed by atoms with Crippen LogP contribution in [-0.2, 0) is 16.1 Å². The minimum atomic E-state index is -0.197. The molecule has 0 bridgehead atoms. The summed E-state index contributed by atoms with van der Waals surface area (Å²) in [5.74, 6) is 0.874. The SMILES string of the molecule is CC(C)(C)N1C[C@@H](c2ccc(OCc3ccccc3)cc2)OCC1=O. The Morgan fingerprint density at radius 2 is 1.76 bits per heavy atom. The molecule has 1 saturated heterocycles. The zero-order valence-corrected chi connectivity index (χ0v) is 15.1. The summed E-state index contributed by atoms with van der Waals surface area (Å²) in [7, 11) is 0. The highest BCUT2D eigenvalue weighted by Crippen LogP contribution is 2.28. The summed E-state index contributed by atoms with van der Waals surface area (Å²) >= 11 is 0. The predicted octanol–water partition coefficient (Wildman–Crippen LogP) is 3.96. The molecule has 1 atom stereocenters. The molecular weight excluding hydrogens is 314 g/mol. The molecule has 132 valence electrons. The van der Waals surface area contributed by atoms with Gasteiger partial charge in [-0.1, -0.05) is 42.5 Å². The molecule has 1 amide bonds. The first kappa shape index (κ1) is 17.5. The highest BCUT2D eigenvalue weighted by molar-refractivity contribution is 5.79. The Kier molecular flexibility index (Phi) is 5.09. The molecular formula is C21H25NO3. The molecule has 1 aliphatic rings. The summed E-state index contributed by atoms with van der Waals surface area (Å²) in [4.78, 5) is 14.0. The average molecular weight is 339 g/mol. The van der Waals surface area contributed by atoms with E-state index < -0.39 is 0 Å². The van der Waals surface area contributed by atoms with E-state index >= 15 is 0 Å². The fourth-order valence-electron chi connectivity index (χ4n) is 2.94. The second-order valence-electron chi connectivity index (χ2n) is 7.32. The van der Waals surface area contributed by atoms with Crippen LogP contribution < -0.4 is 4.74 Å². The molecule has 2 aromatic rings. The third-order valence-corrected chi connectivity index (χ3v) is 4.37. The number of carbonyl (C=O) groups is 1. The normalized spacial score (nSPS) is 18.3. The molecule has 1 aliphatic heterocycles. The van der Waals surface area contributed by atoms with Crippen LogP contribution >= 0.6 is 0 Å². The van der Waals surface area contributed by atoms with E-state index in [1.807, 2.05) is 80.3 Å². The number of carbonyl (C=O) groups excluding carboxylic acids is 1. The van der Waals surface area contributed by atoms with Crippen LogP contribution in [0.15, 0.2) is 54.6 Å². The topological polar surface area (TPSA) is 38.8 Å². The van der Waals surface area contributed by atoms with Crippen LogP contribution in [0, 0.1) is 0 Å². The highest BCUT2D eigenvalue weighted by Gasteiger charge is 2.34. The van der Waals surface area contributed by atoms with Gasteiger partial charge in [0.15, 0.2) is 0 Å². The third-order valence-electron chi connectivity index (χ3n) is 4.37. The van der Waals surface area contributed by atoms with Crippen LogP contribution in [0.25, 0.3) is 0 Å².